The van der Waals surface area contributed by atoms with Crippen LogP contribution in [0.3, 0.4) is 0 Å². The van der Waals surface area contributed by atoms with E-state index in [1.165, 1.54) is 4.90 Å². The highest BCUT2D eigenvalue weighted by atomic mass is 16.5. The summed E-state index contributed by atoms with van der Waals surface area (Å²) in [5.41, 5.74) is 1.51. The van der Waals surface area contributed by atoms with Crippen LogP contribution in [0, 0.1) is 5.92 Å². The number of likely N-dealkylation sites (N-methyl/N-ethyl adjacent to an activating group) is 1. The molecule has 0 saturated heterocycles. The van der Waals surface area contributed by atoms with Crippen LogP contribution in [-0.4, -0.2) is 41.1 Å². The highest BCUT2D eigenvalue weighted by molar-refractivity contribution is 5.96. The number of hydrogen-bond donors (Lipinski definition) is 1. The lowest BCUT2D eigenvalue weighted by molar-refractivity contribution is -0.142. The molecule has 1 unspecified atom stereocenters. The molecule has 1 amide bonds. The quantitative estimate of drug-likeness (QED) is 0.908. The van der Waals surface area contributed by atoms with Crippen LogP contribution >= 0.6 is 0 Å². The van der Waals surface area contributed by atoms with E-state index >= 15 is 0 Å². The van der Waals surface area contributed by atoms with Crippen LogP contribution in [0.1, 0.15) is 43.1 Å². The minimum Gasteiger partial charge on any atom is -0.490 e. The summed E-state index contributed by atoms with van der Waals surface area (Å²) in [6.07, 6.45) is 1.32. The number of carboxylic acid groups (broad SMARTS) is 1. The summed E-state index contributed by atoms with van der Waals surface area (Å²) in [6, 6.07) is 4.49. The fraction of sp³-hybridized carbons (Fsp3) is 0.529. The van der Waals surface area contributed by atoms with Crippen molar-refractivity contribution < 1.29 is 19.4 Å². The number of aliphatic carboxylic acids is 1. The lowest BCUT2D eigenvalue weighted by Gasteiger charge is -2.26. The molecule has 0 radical (unpaired) electrons. The number of benzene rings is 1. The van der Waals surface area contributed by atoms with Gasteiger partial charge in [-0.05, 0) is 43.0 Å². The molecule has 22 heavy (non-hydrogen) atoms. The SMILES string of the molecule is CC(C)C[C@@H](C(=O)O)N(C)C(=O)c1ccc2c(c1)CC(C)O2. The molecule has 0 aromatic heterocycles. The fourth-order valence-electron chi connectivity index (χ4n) is 2.77. The van der Waals surface area contributed by atoms with Crippen LogP contribution < -0.4 is 4.74 Å². The van der Waals surface area contributed by atoms with E-state index in [-0.39, 0.29) is 17.9 Å². The van der Waals surface area contributed by atoms with Gasteiger partial charge in [-0.15, -0.1) is 0 Å². The molecule has 1 aliphatic heterocycles. The monoisotopic (exact) mass is 305 g/mol. The molecular formula is C17H23NO4. The summed E-state index contributed by atoms with van der Waals surface area (Å²) >= 11 is 0. The maximum Gasteiger partial charge on any atom is 0.326 e. The van der Waals surface area contributed by atoms with E-state index < -0.39 is 12.0 Å². The van der Waals surface area contributed by atoms with Crippen molar-refractivity contribution in [3.05, 3.63) is 29.3 Å². The van der Waals surface area contributed by atoms with Crippen molar-refractivity contribution in [2.45, 2.75) is 45.8 Å². The second-order valence-corrected chi connectivity index (χ2v) is 6.35. The largest absolute Gasteiger partial charge is 0.490 e. The first-order valence-electron chi connectivity index (χ1n) is 7.59. The minimum atomic E-state index is -0.970. The molecule has 1 aliphatic rings. The van der Waals surface area contributed by atoms with Gasteiger partial charge in [-0.2, -0.15) is 0 Å². The van der Waals surface area contributed by atoms with E-state index in [0.29, 0.717) is 12.0 Å². The Labute approximate surface area is 130 Å². The van der Waals surface area contributed by atoms with Crippen LogP contribution in [0.15, 0.2) is 18.2 Å². The molecule has 120 valence electrons. The Hall–Kier alpha value is -2.04. The number of ether oxygens (including phenoxy) is 1. The lowest BCUT2D eigenvalue weighted by Crippen LogP contribution is -2.43. The zero-order chi connectivity index (χ0) is 16.4. The molecule has 5 heteroatoms. The average molecular weight is 305 g/mol. The number of carboxylic acids is 1. The Bertz CT molecular complexity index is 582. The molecular weight excluding hydrogens is 282 g/mol. The van der Waals surface area contributed by atoms with Crippen LogP contribution in [0.5, 0.6) is 5.75 Å². The third-order valence-electron chi connectivity index (χ3n) is 3.91. The second kappa shape index (κ2) is 6.38. The number of fused-ring (bicyclic) bond motifs is 1. The molecule has 0 fully saturated rings. The summed E-state index contributed by atoms with van der Waals surface area (Å²) in [7, 11) is 1.55. The van der Waals surface area contributed by atoms with Crippen molar-refractivity contribution in [1.82, 2.24) is 4.90 Å². The highest BCUT2D eigenvalue weighted by Gasteiger charge is 2.29. The zero-order valence-electron chi connectivity index (χ0n) is 13.5. The molecule has 2 rings (SSSR count). The highest BCUT2D eigenvalue weighted by Crippen LogP contribution is 2.30. The summed E-state index contributed by atoms with van der Waals surface area (Å²) < 4.78 is 5.62. The number of nitrogens with zero attached hydrogens (tertiary/aromatic N) is 1. The Kier molecular flexibility index (Phi) is 4.74. The molecule has 0 saturated carbocycles. The summed E-state index contributed by atoms with van der Waals surface area (Å²) in [6.45, 7) is 5.88. The van der Waals surface area contributed by atoms with Crippen LogP contribution in [0.2, 0.25) is 0 Å². The van der Waals surface area contributed by atoms with Crippen molar-refractivity contribution in [2.75, 3.05) is 7.05 Å². The molecule has 1 aromatic rings. The number of amides is 1. The Morgan fingerprint density at radius 1 is 1.41 bits per heavy atom. The standard InChI is InChI=1S/C17H23NO4/c1-10(2)7-14(17(20)21)18(4)16(19)12-5-6-15-13(9-12)8-11(3)22-15/h5-6,9-11,14H,7-8H2,1-4H3,(H,20,21)/t11?,14-/m0/s1. The molecule has 0 spiro atoms. The molecule has 0 bridgehead atoms. The average Bonchev–Trinajstić information content (AvgIpc) is 2.81. The van der Waals surface area contributed by atoms with E-state index in [0.717, 1.165) is 17.7 Å². The van der Waals surface area contributed by atoms with Crippen LogP contribution in [-0.2, 0) is 11.2 Å². The van der Waals surface area contributed by atoms with Gasteiger partial charge in [0.05, 0.1) is 0 Å². The van der Waals surface area contributed by atoms with Gasteiger partial charge in [0.25, 0.3) is 5.91 Å². The fourth-order valence-corrected chi connectivity index (χ4v) is 2.77. The van der Waals surface area contributed by atoms with E-state index in [1.54, 1.807) is 19.2 Å². The second-order valence-electron chi connectivity index (χ2n) is 6.35. The summed E-state index contributed by atoms with van der Waals surface area (Å²) in [5, 5.41) is 9.36. The van der Waals surface area contributed by atoms with Gasteiger partial charge >= 0.3 is 5.97 Å². The van der Waals surface area contributed by atoms with Gasteiger partial charge in [-0.3, -0.25) is 4.79 Å². The molecule has 1 N–H and O–H groups in total. The van der Waals surface area contributed by atoms with Crippen molar-refractivity contribution in [2.24, 2.45) is 5.92 Å². The van der Waals surface area contributed by atoms with Gasteiger partial charge in [0.1, 0.15) is 17.9 Å². The topological polar surface area (TPSA) is 66.8 Å². The number of rotatable bonds is 5. The molecule has 1 heterocycles. The van der Waals surface area contributed by atoms with Crippen LogP contribution in [0.4, 0.5) is 0 Å². The van der Waals surface area contributed by atoms with Gasteiger partial charge in [-0.1, -0.05) is 13.8 Å². The first-order chi connectivity index (χ1) is 10.3. The van der Waals surface area contributed by atoms with E-state index in [2.05, 4.69) is 0 Å². The number of carbonyl (C=O) groups is 2. The van der Waals surface area contributed by atoms with Gasteiger partial charge < -0.3 is 14.7 Å². The van der Waals surface area contributed by atoms with E-state index in [4.69, 9.17) is 4.74 Å². The van der Waals surface area contributed by atoms with Gasteiger partial charge in [0, 0.05) is 19.0 Å². The van der Waals surface area contributed by atoms with Crippen molar-refractivity contribution in [1.29, 1.82) is 0 Å². The van der Waals surface area contributed by atoms with Crippen molar-refractivity contribution in [3.63, 3.8) is 0 Å². The Morgan fingerprint density at radius 3 is 2.68 bits per heavy atom. The molecule has 0 aliphatic carbocycles. The van der Waals surface area contributed by atoms with Gasteiger partial charge in [0.15, 0.2) is 0 Å². The molecule has 5 nitrogen and oxygen atoms in total. The van der Waals surface area contributed by atoms with Crippen LogP contribution in [0.25, 0.3) is 0 Å². The molecule has 1 aromatic carbocycles. The first kappa shape index (κ1) is 16.3. The third-order valence-corrected chi connectivity index (χ3v) is 3.91. The third kappa shape index (κ3) is 3.40. The van der Waals surface area contributed by atoms with E-state index in [1.807, 2.05) is 26.8 Å². The van der Waals surface area contributed by atoms with Gasteiger partial charge in [-0.25, -0.2) is 4.79 Å². The Balaban J connectivity index is 2.20. The number of carbonyl (C=O) groups excluding carboxylic acids is 1. The van der Waals surface area contributed by atoms with Gasteiger partial charge in [0.2, 0.25) is 0 Å². The lowest BCUT2D eigenvalue weighted by atomic mass is 10.0. The van der Waals surface area contributed by atoms with Crippen molar-refractivity contribution >= 4 is 11.9 Å². The van der Waals surface area contributed by atoms with E-state index in [9.17, 15) is 14.7 Å². The first-order valence-corrected chi connectivity index (χ1v) is 7.59. The maximum absolute atomic E-state index is 12.6. The van der Waals surface area contributed by atoms with Crippen molar-refractivity contribution in [3.8, 4) is 5.75 Å². The predicted molar refractivity (Wildman–Crippen MR) is 83.2 cm³/mol. The Morgan fingerprint density at radius 2 is 2.09 bits per heavy atom. The normalized spacial score (nSPS) is 17.8. The maximum atomic E-state index is 12.6. The number of hydrogen-bond acceptors (Lipinski definition) is 3. The smallest absolute Gasteiger partial charge is 0.326 e. The predicted octanol–water partition coefficient (Wildman–Crippen LogP) is 2.58. The summed E-state index contributed by atoms with van der Waals surface area (Å²) in [5.74, 6) is -0.229. The molecule has 2 atom stereocenters. The summed E-state index contributed by atoms with van der Waals surface area (Å²) in [4.78, 5) is 25.3. The minimum absolute atomic E-state index is 0.116. The zero-order valence-corrected chi connectivity index (χ0v) is 13.5.